The van der Waals surface area contributed by atoms with E-state index in [-0.39, 0.29) is 19.6 Å². The Labute approximate surface area is 127 Å². The molecule has 0 aliphatic carbocycles. The van der Waals surface area contributed by atoms with E-state index in [2.05, 4.69) is 15.3 Å². The Morgan fingerprint density at radius 3 is 1.91 bits per heavy atom. The molecule has 9 heteroatoms. The van der Waals surface area contributed by atoms with Crippen LogP contribution in [0.15, 0.2) is 12.4 Å². The van der Waals surface area contributed by atoms with Crippen molar-refractivity contribution in [2.45, 2.75) is 37.3 Å². The van der Waals surface area contributed by atoms with Gasteiger partial charge in [0, 0.05) is 19.2 Å². The van der Waals surface area contributed by atoms with Gasteiger partial charge in [-0.2, -0.15) is 0 Å². The first-order valence-electron chi connectivity index (χ1n) is 6.91. The molecule has 7 N–H and O–H groups in total. The van der Waals surface area contributed by atoms with E-state index < -0.39 is 37.6 Å². The molecule has 0 fully saturated rings. The molecule has 1 aromatic rings. The first-order valence-corrected chi connectivity index (χ1v) is 6.91. The van der Waals surface area contributed by atoms with Crippen molar-refractivity contribution in [1.29, 1.82) is 0 Å². The zero-order valence-electron chi connectivity index (χ0n) is 12.1. The Morgan fingerprint density at radius 2 is 1.41 bits per heavy atom. The third-order valence-corrected chi connectivity index (χ3v) is 3.20. The molecule has 0 amide bonds. The van der Waals surface area contributed by atoms with Crippen molar-refractivity contribution in [2.24, 2.45) is 0 Å². The largest absolute Gasteiger partial charge is 0.395 e. The Kier molecular flexibility index (Phi) is 8.35. The van der Waals surface area contributed by atoms with Crippen molar-refractivity contribution >= 4 is 0 Å². The molecule has 0 aliphatic rings. The van der Waals surface area contributed by atoms with Crippen LogP contribution >= 0.6 is 0 Å². The Hall–Kier alpha value is -1.20. The molecular formula is C13H23N3O6. The second kappa shape index (κ2) is 9.74. The van der Waals surface area contributed by atoms with E-state index >= 15 is 0 Å². The van der Waals surface area contributed by atoms with E-state index in [9.17, 15) is 15.3 Å². The average molecular weight is 317 g/mol. The molecule has 0 aliphatic heterocycles. The van der Waals surface area contributed by atoms with Crippen LogP contribution in [-0.2, 0) is 13.0 Å². The fourth-order valence-electron chi connectivity index (χ4n) is 1.74. The van der Waals surface area contributed by atoms with Gasteiger partial charge in [0.1, 0.15) is 6.10 Å². The van der Waals surface area contributed by atoms with Gasteiger partial charge < -0.3 is 36.0 Å². The predicted molar refractivity (Wildman–Crippen MR) is 75.6 cm³/mol. The third kappa shape index (κ3) is 5.89. The molecule has 0 spiro atoms. The first-order chi connectivity index (χ1) is 10.5. The third-order valence-electron chi connectivity index (χ3n) is 3.20. The van der Waals surface area contributed by atoms with E-state index in [1.807, 2.05) is 0 Å². The first kappa shape index (κ1) is 18.8. The maximum absolute atomic E-state index is 9.57. The molecule has 0 saturated heterocycles. The fourth-order valence-corrected chi connectivity index (χ4v) is 1.74. The van der Waals surface area contributed by atoms with E-state index in [1.54, 1.807) is 0 Å². The number of nitrogens with one attached hydrogen (secondary N) is 1. The summed E-state index contributed by atoms with van der Waals surface area (Å²) < 4.78 is 0. The van der Waals surface area contributed by atoms with Crippen molar-refractivity contribution in [3.8, 4) is 0 Å². The van der Waals surface area contributed by atoms with Crippen LogP contribution in [0.4, 0.5) is 0 Å². The normalized spacial score (nSPS) is 17.0. The number of hydrogen-bond acceptors (Lipinski definition) is 9. The summed E-state index contributed by atoms with van der Waals surface area (Å²) in [7, 11) is 0. The number of hydrogen-bond donors (Lipinski definition) is 7. The van der Waals surface area contributed by atoms with Gasteiger partial charge >= 0.3 is 0 Å². The van der Waals surface area contributed by atoms with Crippen LogP contribution in [0.1, 0.15) is 11.4 Å². The zero-order chi connectivity index (χ0) is 16.5. The maximum Gasteiger partial charge on any atom is 0.103 e. The van der Waals surface area contributed by atoms with Gasteiger partial charge in [0.05, 0.1) is 55.7 Å². The molecule has 1 rings (SSSR count). The van der Waals surface area contributed by atoms with Gasteiger partial charge in [0.15, 0.2) is 0 Å². The summed E-state index contributed by atoms with van der Waals surface area (Å²) in [5, 5.41) is 57.7. The highest BCUT2D eigenvalue weighted by atomic mass is 16.4. The lowest BCUT2D eigenvalue weighted by molar-refractivity contribution is -0.0137. The van der Waals surface area contributed by atoms with Crippen LogP contribution in [0, 0.1) is 0 Å². The molecule has 1 heterocycles. The van der Waals surface area contributed by atoms with E-state index in [0.29, 0.717) is 11.4 Å². The molecule has 0 aromatic carbocycles. The lowest BCUT2D eigenvalue weighted by Crippen LogP contribution is -2.44. The fraction of sp³-hybridized carbons (Fsp3) is 0.692. The number of rotatable bonds is 10. The monoisotopic (exact) mass is 317 g/mol. The highest BCUT2D eigenvalue weighted by Crippen LogP contribution is 2.04. The smallest absolute Gasteiger partial charge is 0.103 e. The minimum absolute atomic E-state index is 0.0604. The molecular weight excluding hydrogens is 294 g/mol. The second-order valence-corrected chi connectivity index (χ2v) is 4.94. The van der Waals surface area contributed by atoms with Crippen molar-refractivity contribution < 1.29 is 30.6 Å². The summed E-state index contributed by atoms with van der Waals surface area (Å²) in [6.07, 6.45) is -0.478. The van der Waals surface area contributed by atoms with E-state index in [1.165, 1.54) is 12.4 Å². The Morgan fingerprint density at radius 1 is 0.818 bits per heavy atom. The Bertz CT molecular complexity index is 419. The van der Waals surface area contributed by atoms with Gasteiger partial charge in [0.25, 0.3) is 0 Å². The minimum Gasteiger partial charge on any atom is -0.395 e. The van der Waals surface area contributed by atoms with Crippen LogP contribution < -0.4 is 5.32 Å². The molecule has 4 atom stereocenters. The van der Waals surface area contributed by atoms with E-state index in [4.69, 9.17) is 15.3 Å². The van der Waals surface area contributed by atoms with E-state index in [0.717, 1.165) is 0 Å². The summed E-state index contributed by atoms with van der Waals surface area (Å²) in [6, 6.07) is -0.673. The lowest BCUT2D eigenvalue weighted by atomic mass is 10.1. The number of nitrogens with zero attached hydrogens (tertiary/aromatic N) is 2. The minimum atomic E-state index is -1.23. The van der Waals surface area contributed by atoms with Gasteiger partial charge in [-0.15, -0.1) is 0 Å². The standard InChI is InChI=1S/C13H23N3O6/c17-5-10(12(21)6-18)16-4-9-3-14-8(2-15-9)1-11(20)13(22)7-19/h2-3,10-13,16-22H,1,4-7H2/t10-,11-,12+,13+/m0/s1. The van der Waals surface area contributed by atoms with Crippen molar-refractivity contribution in [3.05, 3.63) is 23.8 Å². The van der Waals surface area contributed by atoms with Crippen molar-refractivity contribution in [2.75, 3.05) is 19.8 Å². The zero-order valence-corrected chi connectivity index (χ0v) is 12.1. The van der Waals surface area contributed by atoms with Gasteiger partial charge in [0.2, 0.25) is 0 Å². The summed E-state index contributed by atoms with van der Waals surface area (Å²) >= 11 is 0. The van der Waals surface area contributed by atoms with Crippen LogP contribution in [-0.4, -0.2) is 84.8 Å². The molecule has 0 unspecified atom stereocenters. The highest BCUT2D eigenvalue weighted by molar-refractivity contribution is 5.04. The number of aromatic nitrogens is 2. The molecule has 0 bridgehead atoms. The second-order valence-electron chi connectivity index (χ2n) is 4.94. The van der Waals surface area contributed by atoms with Crippen molar-refractivity contribution in [3.63, 3.8) is 0 Å². The maximum atomic E-state index is 9.57. The van der Waals surface area contributed by atoms with Gasteiger partial charge in [-0.3, -0.25) is 9.97 Å². The number of aliphatic hydroxyl groups is 6. The van der Waals surface area contributed by atoms with Gasteiger partial charge in [-0.05, 0) is 0 Å². The topological polar surface area (TPSA) is 159 Å². The molecule has 0 saturated carbocycles. The quantitative estimate of drug-likeness (QED) is 0.233. The molecule has 0 radical (unpaired) electrons. The molecule has 22 heavy (non-hydrogen) atoms. The van der Waals surface area contributed by atoms with Crippen LogP contribution in [0.2, 0.25) is 0 Å². The summed E-state index contributed by atoms with van der Waals surface area (Å²) in [5.74, 6) is 0. The molecule has 9 nitrogen and oxygen atoms in total. The SMILES string of the molecule is OC[C@@H](O)[C@H](CO)NCc1cnc(C[C@H](O)[C@H](O)CO)cn1. The van der Waals surface area contributed by atoms with Crippen LogP contribution in [0.25, 0.3) is 0 Å². The number of aliphatic hydroxyl groups excluding tert-OH is 6. The molecule has 126 valence electrons. The Balaban J connectivity index is 2.51. The van der Waals surface area contributed by atoms with Crippen LogP contribution in [0.5, 0.6) is 0 Å². The predicted octanol–water partition coefficient (Wildman–Crippen LogP) is -3.46. The molecule has 1 aromatic heterocycles. The van der Waals surface area contributed by atoms with Gasteiger partial charge in [-0.1, -0.05) is 0 Å². The summed E-state index contributed by atoms with van der Waals surface area (Å²) in [5.41, 5.74) is 1.00. The highest BCUT2D eigenvalue weighted by Gasteiger charge is 2.18. The van der Waals surface area contributed by atoms with Crippen LogP contribution in [0.3, 0.4) is 0 Å². The lowest BCUT2D eigenvalue weighted by Gasteiger charge is -2.20. The summed E-state index contributed by atoms with van der Waals surface area (Å²) in [4.78, 5) is 8.18. The summed E-state index contributed by atoms with van der Waals surface area (Å²) in [6.45, 7) is -1.10. The van der Waals surface area contributed by atoms with Crippen molar-refractivity contribution in [1.82, 2.24) is 15.3 Å². The average Bonchev–Trinajstić information content (AvgIpc) is 2.55. The van der Waals surface area contributed by atoms with Gasteiger partial charge in [-0.25, -0.2) is 0 Å².